The highest BCUT2D eigenvalue weighted by atomic mass is 79.9. The summed E-state index contributed by atoms with van der Waals surface area (Å²) >= 11 is 3.52. The molecule has 3 rings (SSSR count). The van der Waals surface area contributed by atoms with Gasteiger partial charge in [-0.25, -0.2) is 0 Å². The standard InChI is InChI=1S/C19H18BrNO2/c1-14-8-9-17(16(20)13-14)22-11-4-12-23-18-7-2-5-15-6-3-10-21-19(15)18/h2-3,5-10,13H,4,11-12H2,1H3. The molecule has 0 saturated carbocycles. The molecule has 23 heavy (non-hydrogen) atoms. The predicted octanol–water partition coefficient (Wildman–Crippen LogP) is 5.15. The molecule has 118 valence electrons. The molecular formula is C19H18BrNO2. The number of benzene rings is 2. The number of fused-ring (bicyclic) bond motifs is 1. The molecule has 1 aromatic heterocycles. The lowest BCUT2D eigenvalue weighted by Crippen LogP contribution is -2.05. The fourth-order valence-corrected chi connectivity index (χ4v) is 2.95. The SMILES string of the molecule is Cc1ccc(OCCCOc2cccc3cccnc23)c(Br)c1. The Morgan fingerprint density at radius 2 is 1.74 bits per heavy atom. The third-order valence-electron chi connectivity index (χ3n) is 3.49. The van der Waals surface area contributed by atoms with Gasteiger partial charge in [0.25, 0.3) is 0 Å². The van der Waals surface area contributed by atoms with Crippen LogP contribution in [0, 0.1) is 6.92 Å². The van der Waals surface area contributed by atoms with Crippen molar-refractivity contribution in [3.8, 4) is 11.5 Å². The van der Waals surface area contributed by atoms with E-state index in [4.69, 9.17) is 9.47 Å². The van der Waals surface area contributed by atoms with Gasteiger partial charge in [0.1, 0.15) is 17.0 Å². The van der Waals surface area contributed by atoms with Crippen LogP contribution in [-0.4, -0.2) is 18.2 Å². The molecule has 1 heterocycles. The van der Waals surface area contributed by atoms with Gasteiger partial charge in [0.05, 0.1) is 17.7 Å². The summed E-state index contributed by atoms with van der Waals surface area (Å²) in [5.74, 6) is 1.68. The van der Waals surface area contributed by atoms with E-state index in [1.807, 2.05) is 48.5 Å². The summed E-state index contributed by atoms with van der Waals surface area (Å²) in [5, 5.41) is 1.09. The Bertz CT molecular complexity index is 799. The molecule has 0 radical (unpaired) electrons. The van der Waals surface area contributed by atoms with Crippen LogP contribution in [0.5, 0.6) is 11.5 Å². The highest BCUT2D eigenvalue weighted by Gasteiger charge is 2.03. The van der Waals surface area contributed by atoms with E-state index in [0.717, 1.165) is 33.3 Å². The van der Waals surface area contributed by atoms with Gasteiger partial charge >= 0.3 is 0 Å². The monoisotopic (exact) mass is 371 g/mol. The second kappa shape index (κ2) is 7.47. The number of aromatic nitrogens is 1. The first kappa shape index (κ1) is 15.8. The Hall–Kier alpha value is -2.07. The first-order valence-corrected chi connectivity index (χ1v) is 8.39. The lowest BCUT2D eigenvalue weighted by Gasteiger charge is -2.10. The van der Waals surface area contributed by atoms with Crippen molar-refractivity contribution in [3.05, 3.63) is 64.8 Å². The Balaban J connectivity index is 1.51. The highest BCUT2D eigenvalue weighted by molar-refractivity contribution is 9.10. The Morgan fingerprint density at radius 3 is 2.57 bits per heavy atom. The van der Waals surface area contributed by atoms with Crippen LogP contribution in [0.1, 0.15) is 12.0 Å². The van der Waals surface area contributed by atoms with Gasteiger partial charge in [0.2, 0.25) is 0 Å². The van der Waals surface area contributed by atoms with E-state index in [0.29, 0.717) is 13.2 Å². The number of ether oxygens (including phenoxy) is 2. The second-order valence-corrected chi connectivity index (χ2v) is 6.17. The molecule has 0 amide bonds. The van der Waals surface area contributed by atoms with Crippen molar-refractivity contribution in [1.29, 1.82) is 0 Å². The zero-order chi connectivity index (χ0) is 16.1. The normalized spacial score (nSPS) is 10.7. The van der Waals surface area contributed by atoms with Gasteiger partial charge in [-0.3, -0.25) is 4.98 Å². The molecule has 3 nitrogen and oxygen atoms in total. The second-order valence-electron chi connectivity index (χ2n) is 5.32. The summed E-state index contributed by atoms with van der Waals surface area (Å²) in [6.07, 6.45) is 2.59. The number of para-hydroxylation sites is 1. The van der Waals surface area contributed by atoms with Crippen molar-refractivity contribution >= 4 is 26.8 Å². The highest BCUT2D eigenvalue weighted by Crippen LogP contribution is 2.26. The molecule has 2 aromatic carbocycles. The molecule has 0 spiro atoms. The van der Waals surface area contributed by atoms with Crippen molar-refractivity contribution in [2.75, 3.05) is 13.2 Å². The van der Waals surface area contributed by atoms with Crippen LogP contribution in [-0.2, 0) is 0 Å². The number of hydrogen-bond acceptors (Lipinski definition) is 3. The molecule has 0 aliphatic rings. The molecule has 0 aliphatic carbocycles. The maximum Gasteiger partial charge on any atom is 0.145 e. The van der Waals surface area contributed by atoms with Crippen molar-refractivity contribution in [1.82, 2.24) is 4.98 Å². The number of halogens is 1. The van der Waals surface area contributed by atoms with E-state index in [-0.39, 0.29) is 0 Å². The Kier molecular flexibility index (Phi) is 5.13. The minimum Gasteiger partial charge on any atom is -0.492 e. The molecule has 0 unspecified atom stereocenters. The summed E-state index contributed by atoms with van der Waals surface area (Å²) in [7, 11) is 0. The molecule has 0 atom stereocenters. The van der Waals surface area contributed by atoms with Gasteiger partial charge < -0.3 is 9.47 Å². The zero-order valence-corrected chi connectivity index (χ0v) is 14.5. The number of aryl methyl sites for hydroxylation is 1. The molecule has 0 saturated heterocycles. The van der Waals surface area contributed by atoms with Crippen molar-refractivity contribution in [3.63, 3.8) is 0 Å². The molecule has 0 fully saturated rings. The number of pyridine rings is 1. The molecule has 0 N–H and O–H groups in total. The molecule has 3 aromatic rings. The Morgan fingerprint density at radius 1 is 0.957 bits per heavy atom. The minimum atomic E-state index is 0.596. The van der Waals surface area contributed by atoms with E-state index in [9.17, 15) is 0 Å². The number of nitrogens with zero attached hydrogens (tertiary/aromatic N) is 1. The van der Waals surface area contributed by atoms with E-state index >= 15 is 0 Å². The molecule has 0 aliphatic heterocycles. The van der Waals surface area contributed by atoms with Crippen LogP contribution >= 0.6 is 15.9 Å². The van der Waals surface area contributed by atoms with Crippen LogP contribution in [0.3, 0.4) is 0 Å². The van der Waals surface area contributed by atoms with E-state index in [1.165, 1.54) is 5.56 Å². The van der Waals surface area contributed by atoms with E-state index < -0.39 is 0 Å². The Labute approximate surface area is 144 Å². The average molecular weight is 372 g/mol. The van der Waals surface area contributed by atoms with Crippen LogP contribution in [0.4, 0.5) is 0 Å². The van der Waals surface area contributed by atoms with Crippen molar-refractivity contribution in [2.45, 2.75) is 13.3 Å². The van der Waals surface area contributed by atoms with Crippen LogP contribution in [0.25, 0.3) is 10.9 Å². The lowest BCUT2D eigenvalue weighted by atomic mass is 10.2. The topological polar surface area (TPSA) is 31.4 Å². The fraction of sp³-hybridized carbons (Fsp3) is 0.211. The van der Waals surface area contributed by atoms with Crippen LogP contribution in [0.2, 0.25) is 0 Å². The largest absolute Gasteiger partial charge is 0.492 e. The van der Waals surface area contributed by atoms with E-state index in [1.54, 1.807) is 6.20 Å². The summed E-state index contributed by atoms with van der Waals surface area (Å²) in [4.78, 5) is 4.39. The van der Waals surface area contributed by atoms with Crippen LogP contribution < -0.4 is 9.47 Å². The lowest BCUT2D eigenvalue weighted by molar-refractivity contribution is 0.248. The maximum atomic E-state index is 5.85. The van der Waals surface area contributed by atoms with Gasteiger partial charge in [-0.15, -0.1) is 0 Å². The number of rotatable bonds is 6. The third kappa shape index (κ3) is 4.02. The van der Waals surface area contributed by atoms with E-state index in [2.05, 4.69) is 27.8 Å². The molecule has 4 heteroatoms. The average Bonchev–Trinajstić information content (AvgIpc) is 2.56. The maximum absolute atomic E-state index is 5.85. The summed E-state index contributed by atoms with van der Waals surface area (Å²) in [6, 6.07) is 16.0. The summed E-state index contributed by atoms with van der Waals surface area (Å²) in [6.45, 7) is 3.26. The van der Waals surface area contributed by atoms with Gasteiger partial charge in [-0.1, -0.05) is 24.3 Å². The smallest absolute Gasteiger partial charge is 0.145 e. The van der Waals surface area contributed by atoms with Gasteiger partial charge in [0, 0.05) is 18.0 Å². The van der Waals surface area contributed by atoms with Crippen molar-refractivity contribution in [2.24, 2.45) is 0 Å². The minimum absolute atomic E-state index is 0.596. The zero-order valence-electron chi connectivity index (χ0n) is 13.0. The first-order chi connectivity index (χ1) is 11.2. The van der Waals surface area contributed by atoms with Gasteiger partial charge in [-0.2, -0.15) is 0 Å². The van der Waals surface area contributed by atoms with Gasteiger partial charge in [0.15, 0.2) is 0 Å². The molecule has 0 bridgehead atoms. The van der Waals surface area contributed by atoms with Crippen LogP contribution in [0.15, 0.2) is 59.2 Å². The van der Waals surface area contributed by atoms with Gasteiger partial charge in [-0.05, 0) is 52.7 Å². The first-order valence-electron chi connectivity index (χ1n) is 7.59. The predicted molar refractivity (Wildman–Crippen MR) is 96.2 cm³/mol. The summed E-state index contributed by atoms with van der Waals surface area (Å²) in [5.41, 5.74) is 2.10. The quantitative estimate of drug-likeness (QED) is 0.561. The fourth-order valence-electron chi connectivity index (χ4n) is 2.34. The van der Waals surface area contributed by atoms with Crippen molar-refractivity contribution < 1.29 is 9.47 Å². The summed E-state index contributed by atoms with van der Waals surface area (Å²) < 4.78 is 12.6. The molecular weight excluding hydrogens is 354 g/mol. The third-order valence-corrected chi connectivity index (χ3v) is 4.11. The number of hydrogen-bond donors (Lipinski definition) is 0.